The molecular formula is C17H19NO. The molecule has 0 bridgehead atoms. The van der Waals surface area contributed by atoms with Crippen molar-refractivity contribution < 1.29 is 5.11 Å². The van der Waals surface area contributed by atoms with Gasteiger partial charge in [0.1, 0.15) is 5.54 Å². The van der Waals surface area contributed by atoms with E-state index < -0.39 is 5.54 Å². The predicted molar refractivity (Wildman–Crippen MR) is 80.2 cm³/mol. The Morgan fingerprint density at radius 2 is 1.74 bits per heavy atom. The molecule has 0 spiro atoms. The fraction of sp³-hybridized carbons (Fsp3) is 0.176. The summed E-state index contributed by atoms with van der Waals surface area (Å²) >= 11 is 0. The van der Waals surface area contributed by atoms with E-state index in [-0.39, 0.29) is 6.61 Å². The average Bonchev–Trinajstić information content (AvgIpc) is 2.48. The van der Waals surface area contributed by atoms with Crippen molar-refractivity contribution in [1.82, 2.24) is 0 Å². The standard InChI is InChI=1S/C17H19NO/c1-3-17(13-19,15-10-5-4-6-11-15)18-16-12-8-7-9-14(16)2/h3-12,18-19H,1,13H2,2H3/t17-/m1/s1. The van der Waals surface area contributed by atoms with E-state index in [0.717, 1.165) is 16.8 Å². The maximum atomic E-state index is 9.85. The molecule has 0 aromatic heterocycles. The molecule has 2 N–H and O–H groups in total. The summed E-state index contributed by atoms with van der Waals surface area (Å²) in [4.78, 5) is 0. The number of anilines is 1. The second-order valence-corrected chi connectivity index (χ2v) is 4.64. The number of hydrogen-bond donors (Lipinski definition) is 2. The minimum atomic E-state index is -0.659. The summed E-state index contributed by atoms with van der Waals surface area (Å²) in [5, 5.41) is 13.3. The maximum absolute atomic E-state index is 9.85. The highest BCUT2D eigenvalue weighted by Gasteiger charge is 2.28. The molecule has 0 aliphatic rings. The number of aliphatic hydroxyl groups is 1. The Labute approximate surface area is 114 Å². The van der Waals surface area contributed by atoms with Crippen molar-refractivity contribution in [2.24, 2.45) is 0 Å². The maximum Gasteiger partial charge on any atom is 0.104 e. The van der Waals surface area contributed by atoms with E-state index in [9.17, 15) is 5.11 Å². The van der Waals surface area contributed by atoms with E-state index in [1.165, 1.54) is 0 Å². The SMILES string of the molecule is C=C[C@](CO)(Nc1ccccc1C)c1ccccc1. The van der Waals surface area contributed by atoms with Crippen molar-refractivity contribution in [3.8, 4) is 0 Å². The largest absolute Gasteiger partial charge is 0.393 e. The third-order valence-corrected chi connectivity index (χ3v) is 3.39. The van der Waals surface area contributed by atoms with Crippen molar-refractivity contribution in [2.45, 2.75) is 12.5 Å². The highest BCUT2D eigenvalue weighted by Crippen LogP contribution is 2.28. The second kappa shape index (κ2) is 5.72. The fourth-order valence-electron chi connectivity index (χ4n) is 2.13. The first kappa shape index (κ1) is 13.4. The molecule has 1 atom stereocenters. The Morgan fingerprint density at radius 1 is 1.11 bits per heavy atom. The van der Waals surface area contributed by atoms with E-state index in [1.807, 2.05) is 61.5 Å². The molecule has 2 nitrogen and oxygen atoms in total. The zero-order valence-corrected chi connectivity index (χ0v) is 11.1. The fourth-order valence-corrected chi connectivity index (χ4v) is 2.13. The summed E-state index contributed by atoms with van der Waals surface area (Å²) in [6.07, 6.45) is 1.76. The Hall–Kier alpha value is -2.06. The van der Waals surface area contributed by atoms with Crippen LogP contribution >= 0.6 is 0 Å². The molecular weight excluding hydrogens is 234 g/mol. The molecule has 2 heteroatoms. The van der Waals surface area contributed by atoms with Crippen molar-refractivity contribution >= 4 is 5.69 Å². The van der Waals surface area contributed by atoms with Gasteiger partial charge < -0.3 is 10.4 Å². The van der Waals surface area contributed by atoms with Gasteiger partial charge in [0.25, 0.3) is 0 Å². The Morgan fingerprint density at radius 3 is 2.32 bits per heavy atom. The quantitative estimate of drug-likeness (QED) is 0.800. The summed E-state index contributed by atoms with van der Waals surface area (Å²) < 4.78 is 0. The summed E-state index contributed by atoms with van der Waals surface area (Å²) in [6, 6.07) is 17.9. The lowest BCUT2D eigenvalue weighted by atomic mass is 9.90. The number of aryl methyl sites for hydroxylation is 1. The number of para-hydroxylation sites is 1. The lowest BCUT2D eigenvalue weighted by Crippen LogP contribution is -2.37. The number of hydrogen-bond acceptors (Lipinski definition) is 2. The lowest BCUT2D eigenvalue weighted by Gasteiger charge is -2.32. The van der Waals surface area contributed by atoms with Gasteiger partial charge in [0, 0.05) is 5.69 Å². The minimum absolute atomic E-state index is 0.0468. The predicted octanol–water partition coefficient (Wildman–Crippen LogP) is 3.48. The molecule has 0 aliphatic heterocycles. The van der Waals surface area contributed by atoms with Crippen LogP contribution in [0.2, 0.25) is 0 Å². The summed E-state index contributed by atoms with van der Waals surface area (Å²) in [6.45, 7) is 5.88. The van der Waals surface area contributed by atoms with Crippen LogP contribution in [-0.4, -0.2) is 11.7 Å². The summed E-state index contributed by atoms with van der Waals surface area (Å²) in [5.74, 6) is 0. The monoisotopic (exact) mass is 253 g/mol. The van der Waals surface area contributed by atoms with Gasteiger partial charge in [0.05, 0.1) is 6.61 Å². The molecule has 0 saturated heterocycles. The third kappa shape index (κ3) is 2.69. The van der Waals surface area contributed by atoms with Crippen LogP contribution in [0.4, 0.5) is 5.69 Å². The molecule has 0 heterocycles. The molecule has 2 aromatic rings. The van der Waals surface area contributed by atoms with Gasteiger partial charge in [0.15, 0.2) is 0 Å². The lowest BCUT2D eigenvalue weighted by molar-refractivity contribution is 0.241. The molecule has 0 fully saturated rings. The molecule has 19 heavy (non-hydrogen) atoms. The first-order valence-electron chi connectivity index (χ1n) is 6.35. The zero-order chi connectivity index (χ0) is 13.7. The van der Waals surface area contributed by atoms with Crippen LogP contribution < -0.4 is 5.32 Å². The van der Waals surface area contributed by atoms with Crippen LogP contribution in [0, 0.1) is 6.92 Å². The van der Waals surface area contributed by atoms with E-state index in [0.29, 0.717) is 0 Å². The number of nitrogens with one attached hydrogen (secondary N) is 1. The van der Waals surface area contributed by atoms with E-state index >= 15 is 0 Å². The van der Waals surface area contributed by atoms with Gasteiger partial charge in [-0.15, -0.1) is 6.58 Å². The minimum Gasteiger partial charge on any atom is -0.393 e. The van der Waals surface area contributed by atoms with Gasteiger partial charge in [-0.25, -0.2) is 0 Å². The van der Waals surface area contributed by atoms with Crippen LogP contribution in [-0.2, 0) is 5.54 Å². The molecule has 0 aliphatic carbocycles. The van der Waals surface area contributed by atoms with Crippen molar-refractivity contribution in [3.63, 3.8) is 0 Å². The van der Waals surface area contributed by atoms with Crippen molar-refractivity contribution in [3.05, 3.63) is 78.4 Å². The first-order valence-corrected chi connectivity index (χ1v) is 6.35. The van der Waals surface area contributed by atoms with E-state index in [1.54, 1.807) is 6.08 Å². The van der Waals surface area contributed by atoms with Gasteiger partial charge >= 0.3 is 0 Å². The van der Waals surface area contributed by atoms with E-state index in [4.69, 9.17) is 0 Å². The van der Waals surface area contributed by atoms with Gasteiger partial charge in [-0.05, 0) is 24.1 Å². The Balaban J connectivity index is 2.41. The second-order valence-electron chi connectivity index (χ2n) is 4.64. The third-order valence-electron chi connectivity index (χ3n) is 3.39. The molecule has 0 radical (unpaired) electrons. The van der Waals surface area contributed by atoms with Crippen molar-refractivity contribution in [1.29, 1.82) is 0 Å². The van der Waals surface area contributed by atoms with Gasteiger partial charge in [-0.3, -0.25) is 0 Å². The Bertz CT molecular complexity index is 550. The van der Waals surface area contributed by atoms with Gasteiger partial charge in [0.2, 0.25) is 0 Å². The van der Waals surface area contributed by atoms with Crippen LogP contribution in [0.25, 0.3) is 0 Å². The number of benzene rings is 2. The normalized spacial score (nSPS) is 13.6. The highest BCUT2D eigenvalue weighted by molar-refractivity contribution is 5.55. The number of aliphatic hydroxyl groups excluding tert-OH is 1. The molecule has 0 unspecified atom stereocenters. The molecule has 98 valence electrons. The Kier molecular flexibility index (Phi) is 4.03. The van der Waals surface area contributed by atoms with Crippen LogP contribution in [0.15, 0.2) is 67.3 Å². The topological polar surface area (TPSA) is 32.3 Å². The van der Waals surface area contributed by atoms with Crippen molar-refractivity contribution in [2.75, 3.05) is 11.9 Å². The van der Waals surface area contributed by atoms with Gasteiger partial charge in [-0.1, -0.05) is 54.6 Å². The number of rotatable bonds is 5. The van der Waals surface area contributed by atoms with Crippen LogP contribution in [0.1, 0.15) is 11.1 Å². The summed E-state index contributed by atoms with van der Waals surface area (Å²) in [7, 11) is 0. The highest BCUT2D eigenvalue weighted by atomic mass is 16.3. The molecule has 0 saturated carbocycles. The average molecular weight is 253 g/mol. The van der Waals surface area contributed by atoms with Gasteiger partial charge in [-0.2, -0.15) is 0 Å². The molecule has 2 rings (SSSR count). The molecule has 2 aromatic carbocycles. The van der Waals surface area contributed by atoms with Crippen LogP contribution in [0.3, 0.4) is 0 Å². The summed E-state index contributed by atoms with van der Waals surface area (Å²) in [5.41, 5.74) is 2.47. The van der Waals surface area contributed by atoms with E-state index in [2.05, 4.69) is 11.9 Å². The first-order chi connectivity index (χ1) is 9.22. The smallest absolute Gasteiger partial charge is 0.104 e. The molecule has 0 amide bonds. The zero-order valence-electron chi connectivity index (χ0n) is 11.1. The van der Waals surface area contributed by atoms with Crippen LogP contribution in [0.5, 0.6) is 0 Å².